The van der Waals surface area contributed by atoms with E-state index in [1.807, 2.05) is 6.92 Å². The minimum Gasteiger partial charge on any atom is -0.496 e. The summed E-state index contributed by atoms with van der Waals surface area (Å²) in [6.45, 7) is 6.20. The molecule has 1 unspecified atom stereocenters. The van der Waals surface area contributed by atoms with Gasteiger partial charge in [-0.2, -0.15) is 0 Å². The number of ether oxygens (including phenoxy) is 2. The summed E-state index contributed by atoms with van der Waals surface area (Å²) in [6, 6.07) is 4.28. The van der Waals surface area contributed by atoms with Crippen molar-refractivity contribution in [2.45, 2.75) is 45.3 Å². The fourth-order valence-corrected chi connectivity index (χ4v) is 2.37. The lowest BCUT2D eigenvalue weighted by Gasteiger charge is -2.17. The van der Waals surface area contributed by atoms with Crippen molar-refractivity contribution in [1.82, 2.24) is 0 Å². The number of hydrogen-bond acceptors (Lipinski definition) is 3. The van der Waals surface area contributed by atoms with Crippen molar-refractivity contribution in [1.29, 1.82) is 0 Å². The van der Waals surface area contributed by atoms with Crippen LogP contribution in [0.5, 0.6) is 11.5 Å². The van der Waals surface area contributed by atoms with Gasteiger partial charge in [-0.3, -0.25) is 0 Å². The average molecular weight is 235 g/mol. The predicted molar refractivity (Wildman–Crippen MR) is 68.8 cm³/mol. The predicted octanol–water partition coefficient (Wildman–Crippen LogP) is 2.30. The monoisotopic (exact) mass is 235 g/mol. The first kappa shape index (κ1) is 12.2. The topological polar surface area (TPSA) is 44.5 Å². The molecule has 1 atom stereocenters. The molecule has 3 nitrogen and oxygen atoms in total. The smallest absolute Gasteiger partial charge is 0.124 e. The zero-order chi connectivity index (χ0) is 12.6. The minimum absolute atomic E-state index is 0.111. The largest absolute Gasteiger partial charge is 0.496 e. The lowest BCUT2D eigenvalue weighted by atomic mass is 9.98. The number of benzene rings is 1. The van der Waals surface area contributed by atoms with Crippen molar-refractivity contribution in [3.8, 4) is 11.5 Å². The third-order valence-corrected chi connectivity index (χ3v) is 3.01. The number of methoxy groups -OCH3 is 1. The van der Waals surface area contributed by atoms with Gasteiger partial charge in [0.05, 0.1) is 7.11 Å². The van der Waals surface area contributed by atoms with Crippen molar-refractivity contribution >= 4 is 0 Å². The van der Waals surface area contributed by atoms with Crippen LogP contribution in [0.4, 0.5) is 0 Å². The van der Waals surface area contributed by atoms with Crippen LogP contribution in [0.15, 0.2) is 12.1 Å². The highest BCUT2D eigenvalue weighted by Gasteiger charge is 2.31. The van der Waals surface area contributed by atoms with Crippen LogP contribution < -0.4 is 15.2 Å². The summed E-state index contributed by atoms with van der Waals surface area (Å²) >= 11 is 0. The van der Waals surface area contributed by atoms with Gasteiger partial charge in [0, 0.05) is 18.0 Å². The molecular weight excluding hydrogens is 214 g/mol. The summed E-state index contributed by atoms with van der Waals surface area (Å²) in [7, 11) is 1.70. The minimum atomic E-state index is -0.111. The van der Waals surface area contributed by atoms with E-state index in [-0.39, 0.29) is 11.6 Å². The molecule has 0 bridgehead atoms. The standard InChI is InChI=1S/C14H21NO2/c1-9(15)5-10-6-13-11(7-12(10)16-4)8-14(2,3)17-13/h6-7,9H,5,8,15H2,1-4H3. The molecule has 2 N–H and O–H groups in total. The van der Waals surface area contributed by atoms with Crippen LogP contribution in [0.2, 0.25) is 0 Å². The second-order valence-corrected chi connectivity index (χ2v) is 5.49. The molecule has 3 heteroatoms. The van der Waals surface area contributed by atoms with Crippen LogP contribution in [-0.2, 0) is 12.8 Å². The normalized spacial score (nSPS) is 18.4. The molecule has 0 saturated carbocycles. The van der Waals surface area contributed by atoms with Crippen LogP contribution in [0.25, 0.3) is 0 Å². The van der Waals surface area contributed by atoms with E-state index >= 15 is 0 Å². The van der Waals surface area contributed by atoms with E-state index in [1.54, 1.807) is 7.11 Å². The third kappa shape index (κ3) is 2.55. The Morgan fingerprint density at radius 1 is 1.47 bits per heavy atom. The number of fused-ring (bicyclic) bond motifs is 1. The quantitative estimate of drug-likeness (QED) is 0.874. The van der Waals surface area contributed by atoms with Crippen molar-refractivity contribution in [3.05, 3.63) is 23.3 Å². The molecule has 17 heavy (non-hydrogen) atoms. The van der Waals surface area contributed by atoms with Gasteiger partial charge in [-0.05, 0) is 44.9 Å². The van der Waals surface area contributed by atoms with Gasteiger partial charge < -0.3 is 15.2 Å². The molecule has 1 aromatic carbocycles. The first-order valence-corrected chi connectivity index (χ1v) is 6.05. The van der Waals surface area contributed by atoms with Crippen LogP contribution in [0.3, 0.4) is 0 Å². The molecule has 1 heterocycles. The fourth-order valence-electron chi connectivity index (χ4n) is 2.37. The average Bonchev–Trinajstić information content (AvgIpc) is 2.49. The van der Waals surface area contributed by atoms with Crippen molar-refractivity contribution < 1.29 is 9.47 Å². The molecule has 0 aromatic heterocycles. The lowest BCUT2D eigenvalue weighted by molar-refractivity contribution is 0.138. The van der Waals surface area contributed by atoms with E-state index in [0.29, 0.717) is 0 Å². The summed E-state index contributed by atoms with van der Waals surface area (Å²) in [4.78, 5) is 0. The van der Waals surface area contributed by atoms with E-state index in [2.05, 4.69) is 26.0 Å². The molecule has 0 aliphatic carbocycles. The summed E-state index contributed by atoms with van der Waals surface area (Å²) in [5.74, 6) is 1.90. The van der Waals surface area contributed by atoms with Gasteiger partial charge >= 0.3 is 0 Å². The molecule has 0 fully saturated rings. The molecule has 0 saturated heterocycles. The van der Waals surface area contributed by atoms with Gasteiger partial charge in [0.25, 0.3) is 0 Å². The highest BCUT2D eigenvalue weighted by Crippen LogP contribution is 2.39. The van der Waals surface area contributed by atoms with Gasteiger partial charge in [0.2, 0.25) is 0 Å². The Morgan fingerprint density at radius 3 is 2.76 bits per heavy atom. The molecule has 1 aromatic rings. The Hall–Kier alpha value is -1.22. The molecule has 0 amide bonds. The molecule has 94 valence electrons. The maximum Gasteiger partial charge on any atom is 0.124 e. The van der Waals surface area contributed by atoms with E-state index in [1.165, 1.54) is 5.56 Å². The highest BCUT2D eigenvalue weighted by atomic mass is 16.5. The lowest BCUT2D eigenvalue weighted by Crippen LogP contribution is -2.24. The number of rotatable bonds is 3. The highest BCUT2D eigenvalue weighted by molar-refractivity contribution is 5.49. The summed E-state index contributed by atoms with van der Waals surface area (Å²) in [5, 5.41) is 0. The Morgan fingerprint density at radius 2 is 2.18 bits per heavy atom. The molecule has 0 radical (unpaired) electrons. The molecule has 1 aliphatic rings. The van der Waals surface area contributed by atoms with Crippen LogP contribution in [0.1, 0.15) is 31.9 Å². The van der Waals surface area contributed by atoms with Gasteiger partial charge in [0.15, 0.2) is 0 Å². The van der Waals surface area contributed by atoms with Gasteiger partial charge in [-0.1, -0.05) is 0 Å². The molecular formula is C14H21NO2. The number of hydrogen-bond donors (Lipinski definition) is 1. The van der Waals surface area contributed by atoms with Crippen molar-refractivity contribution in [2.24, 2.45) is 5.73 Å². The maximum absolute atomic E-state index is 5.92. The Bertz CT molecular complexity index is 424. The van der Waals surface area contributed by atoms with Crippen molar-refractivity contribution in [2.75, 3.05) is 7.11 Å². The third-order valence-electron chi connectivity index (χ3n) is 3.01. The van der Waals surface area contributed by atoms with Gasteiger partial charge in [-0.25, -0.2) is 0 Å². The summed E-state index contributed by atoms with van der Waals surface area (Å²) in [6.07, 6.45) is 1.73. The fraction of sp³-hybridized carbons (Fsp3) is 0.571. The zero-order valence-corrected chi connectivity index (χ0v) is 11.0. The van der Waals surface area contributed by atoms with E-state index in [4.69, 9.17) is 15.2 Å². The van der Waals surface area contributed by atoms with Crippen molar-refractivity contribution in [3.63, 3.8) is 0 Å². The molecule has 2 rings (SSSR count). The molecule has 1 aliphatic heterocycles. The van der Waals surface area contributed by atoms with E-state index < -0.39 is 0 Å². The summed E-state index contributed by atoms with van der Waals surface area (Å²) < 4.78 is 11.3. The maximum atomic E-state index is 5.92. The first-order chi connectivity index (χ1) is 7.91. The Balaban J connectivity index is 2.37. The van der Waals surface area contributed by atoms with Gasteiger partial charge in [0.1, 0.15) is 17.1 Å². The van der Waals surface area contributed by atoms with Crippen LogP contribution in [0, 0.1) is 0 Å². The first-order valence-electron chi connectivity index (χ1n) is 6.05. The number of nitrogens with two attached hydrogens (primary N) is 1. The zero-order valence-electron chi connectivity index (χ0n) is 11.0. The summed E-state index contributed by atoms with van der Waals surface area (Å²) in [5.41, 5.74) is 8.09. The van der Waals surface area contributed by atoms with Crippen LogP contribution >= 0.6 is 0 Å². The second-order valence-electron chi connectivity index (χ2n) is 5.49. The Labute approximate surface area is 103 Å². The SMILES string of the molecule is COc1cc2c(cc1CC(C)N)OC(C)(C)C2. The molecule has 0 spiro atoms. The van der Waals surface area contributed by atoms with E-state index in [0.717, 1.165) is 29.9 Å². The Kier molecular flexibility index (Phi) is 3.04. The van der Waals surface area contributed by atoms with Gasteiger partial charge in [-0.15, -0.1) is 0 Å². The van der Waals surface area contributed by atoms with Crippen LogP contribution in [-0.4, -0.2) is 18.8 Å². The second kappa shape index (κ2) is 4.22. The van der Waals surface area contributed by atoms with E-state index in [9.17, 15) is 0 Å².